The predicted molar refractivity (Wildman–Crippen MR) is 95.0 cm³/mol. The van der Waals surface area contributed by atoms with Crippen molar-refractivity contribution in [2.45, 2.75) is 20.4 Å². The standard InChI is InChI=1S/C21H18F3N/c1-13-5-3-8-19(23)21(13)25-12-17-9-16(11-20(24)14(17)2)15-6-4-7-18(22)10-15/h3-11,25H,12H2,1-2H3. The summed E-state index contributed by atoms with van der Waals surface area (Å²) in [5.41, 5.74) is 3.55. The number of anilines is 1. The van der Waals surface area contributed by atoms with Crippen molar-refractivity contribution in [1.82, 2.24) is 0 Å². The third-order valence-corrected chi connectivity index (χ3v) is 4.29. The van der Waals surface area contributed by atoms with Crippen LogP contribution in [0.5, 0.6) is 0 Å². The third-order valence-electron chi connectivity index (χ3n) is 4.29. The first-order chi connectivity index (χ1) is 12.0. The summed E-state index contributed by atoms with van der Waals surface area (Å²) in [6.07, 6.45) is 0. The van der Waals surface area contributed by atoms with Crippen molar-refractivity contribution < 1.29 is 13.2 Å². The number of rotatable bonds is 4. The van der Waals surface area contributed by atoms with Gasteiger partial charge in [0.05, 0.1) is 5.69 Å². The molecule has 0 saturated heterocycles. The monoisotopic (exact) mass is 341 g/mol. The van der Waals surface area contributed by atoms with E-state index in [-0.39, 0.29) is 24.0 Å². The van der Waals surface area contributed by atoms with Gasteiger partial charge in [0.2, 0.25) is 0 Å². The van der Waals surface area contributed by atoms with Crippen LogP contribution in [0.15, 0.2) is 54.6 Å². The Kier molecular flexibility index (Phi) is 4.79. The molecule has 0 spiro atoms. The normalized spacial score (nSPS) is 10.8. The van der Waals surface area contributed by atoms with Crippen molar-refractivity contribution >= 4 is 5.69 Å². The Balaban J connectivity index is 1.94. The molecule has 0 aromatic heterocycles. The fourth-order valence-corrected chi connectivity index (χ4v) is 2.79. The van der Waals surface area contributed by atoms with E-state index in [0.29, 0.717) is 27.9 Å². The quantitative estimate of drug-likeness (QED) is 0.614. The largest absolute Gasteiger partial charge is 0.378 e. The Morgan fingerprint density at radius 3 is 2.28 bits per heavy atom. The minimum atomic E-state index is -0.375. The SMILES string of the molecule is Cc1cccc(F)c1NCc1cc(-c2cccc(F)c2)cc(F)c1C. The minimum absolute atomic E-state index is 0.272. The zero-order valence-electron chi connectivity index (χ0n) is 14.0. The van der Waals surface area contributed by atoms with E-state index in [2.05, 4.69) is 5.32 Å². The number of para-hydroxylation sites is 1. The van der Waals surface area contributed by atoms with E-state index >= 15 is 0 Å². The number of nitrogens with one attached hydrogen (secondary N) is 1. The van der Waals surface area contributed by atoms with Crippen molar-refractivity contribution in [3.63, 3.8) is 0 Å². The smallest absolute Gasteiger partial charge is 0.146 e. The molecule has 1 N–H and O–H groups in total. The Bertz CT molecular complexity index is 899. The van der Waals surface area contributed by atoms with E-state index in [1.54, 1.807) is 31.2 Å². The van der Waals surface area contributed by atoms with Gasteiger partial charge in [-0.05, 0) is 72.0 Å². The number of benzene rings is 3. The van der Waals surface area contributed by atoms with Crippen LogP contribution in [0.2, 0.25) is 0 Å². The second-order valence-corrected chi connectivity index (χ2v) is 6.04. The highest BCUT2D eigenvalue weighted by molar-refractivity contribution is 5.65. The Hall–Kier alpha value is -2.75. The Labute approximate surface area is 145 Å². The molecule has 0 heterocycles. The molecule has 0 aliphatic carbocycles. The van der Waals surface area contributed by atoms with E-state index in [9.17, 15) is 13.2 Å². The molecule has 0 saturated carbocycles. The van der Waals surface area contributed by atoms with Crippen LogP contribution in [-0.2, 0) is 6.54 Å². The van der Waals surface area contributed by atoms with Crippen LogP contribution in [0.25, 0.3) is 11.1 Å². The second kappa shape index (κ2) is 7.01. The predicted octanol–water partition coefficient (Wildman–Crippen LogP) is 6.00. The molecule has 25 heavy (non-hydrogen) atoms. The van der Waals surface area contributed by atoms with Gasteiger partial charge in [-0.1, -0.05) is 24.3 Å². The van der Waals surface area contributed by atoms with Gasteiger partial charge in [0.15, 0.2) is 0 Å². The Morgan fingerprint density at radius 1 is 0.800 bits per heavy atom. The minimum Gasteiger partial charge on any atom is -0.378 e. The summed E-state index contributed by atoms with van der Waals surface area (Å²) >= 11 is 0. The molecule has 3 aromatic carbocycles. The van der Waals surface area contributed by atoms with E-state index in [0.717, 1.165) is 5.56 Å². The van der Waals surface area contributed by atoms with Crippen molar-refractivity contribution in [3.8, 4) is 11.1 Å². The number of halogens is 3. The molecule has 3 aromatic rings. The highest BCUT2D eigenvalue weighted by Crippen LogP contribution is 2.27. The molecule has 0 unspecified atom stereocenters. The number of hydrogen-bond acceptors (Lipinski definition) is 1. The van der Waals surface area contributed by atoms with Crippen LogP contribution < -0.4 is 5.32 Å². The molecule has 128 valence electrons. The molecular weight excluding hydrogens is 323 g/mol. The topological polar surface area (TPSA) is 12.0 Å². The summed E-state index contributed by atoms with van der Waals surface area (Å²) in [4.78, 5) is 0. The van der Waals surface area contributed by atoms with E-state index in [1.165, 1.54) is 24.3 Å². The van der Waals surface area contributed by atoms with Crippen LogP contribution in [-0.4, -0.2) is 0 Å². The molecule has 0 atom stereocenters. The van der Waals surface area contributed by atoms with Gasteiger partial charge in [0, 0.05) is 6.54 Å². The van der Waals surface area contributed by atoms with Crippen molar-refractivity contribution in [2.24, 2.45) is 0 Å². The van der Waals surface area contributed by atoms with Gasteiger partial charge in [-0.15, -0.1) is 0 Å². The van der Waals surface area contributed by atoms with Crippen LogP contribution in [0.4, 0.5) is 18.9 Å². The summed E-state index contributed by atoms with van der Waals surface area (Å²) in [6.45, 7) is 3.76. The molecule has 0 aliphatic heterocycles. The molecule has 1 nitrogen and oxygen atoms in total. The highest BCUT2D eigenvalue weighted by atomic mass is 19.1. The fourth-order valence-electron chi connectivity index (χ4n) is 2.79. The number of hydrogen-bond donors (Lipinski definition) is 1. The average Bonchev–Trinajstić information content (AvgIpc) is 2.58. The second-order valence-electron chi connectivity index (χ2n) is 6.04. The van der Waals surface area contributed by atoms with Gasteiger partial charge in [0.25, 0.3) is 0 Å². The van der Waals surface area contributed by atoms with Gasteiger partial charge < -0.3 is 5.32 Å². The van der Waals surface area contributed by atoms with Crippen LogP contribution in [0, 0.1) is 31.3 Å². The van der Waals surface area contributed by atoms with E-state index in [1.807, 2.05) is 13.0 Å². The first-order valence-corrected chi connectivity index (χ1v) is 7.99. The van der Waals surface area contributed by atoms with Crippen molar-refractivity contribution in [1.29, 1.82) is 0 Å². The lowest BCUT2D eigenvalue weighted by Gasteiger charge is -2.14. The fraction of sp³-hybridized carbons (Fsp3) is 0.143. The maximum Gasteiger partial charge on any atom is 0.146 e. The lowest BCUT2D eigenvalue weighted by atomic mass is 9.99. The molecular formula is C21H18F3N. The van der Waals surface area contributed by atoms with Crippen LogP contribution in [0.3, 0.4) is 0 Å². The summed E-state index contributed by atoms with van der Waals surface area (Å²) in [7, 11) is 0. The molecule has 0 fully saturated rings. The zero-order valence-corrected chi connectivity index (χ0v) is 14.0. The molecule has 0 amide bonds. The molecule has 0 bridgehead atoms. The van der Waals surface area contributed by atoms with Crippen LogP contribution >= 0.6 is 0 Å². The van der Waals surface area contributed by atoms with Crippen LogP contribution in [0.1, 0.15) is 16.7 Å². The molecule has 4 heteroatoms. The first-order valence-electron chi connectivity index (χ1n) is 7.99. The average molecular weight is 341 g/mol. The van der Waals surface area contributed by atoms with Gasteiger partial charge in [-0.2, -0.15) is 0 Å². The zero-order chi connectivity index (χ0) is 18.0. The van der Waals surface area contributed by atoms with E-state index in [4.69, 9.17) is 0 Å². The maximum absolute atomic E-state index is 14.3. The first kappa shape index (κ1) is 17.1. The number of aryl methyl sites for hydroxylation is 1. The van der Waals surface area contributed by atoms with Crippen molar-refractivity contribution in [2.75, 3.05) is 5.32 Å². The van der Waals surface area contributed by atoms with Crippen molar-refractivity contribution in [3.05, 3.63) is 88.7 Å². The molecule has 0 aliphatic rings. The lowest BCUT2D eigenvalue weighted by molar-refractivity contribution is 0.615. The summed E-state index contributed by atoms with van der Waals surface area (Å²) in [6, 6.07) is 14.0. The summed E-state index contributed by atoms with van der Waals surface area (Å²) in [5.74, 6) is -1.09. The Morgan fingerprint density at radius 2 is 1.56 bits per heavy atom. The summed E-state index contributed by atoms with van der Waals surface area (Å²) in [5, 5.41) is 3.04. The summed E-state index contributed by atoms with van der Waals surface area (Å²) < 4.78 is 41.7. The van der Waals surface area contributed by atoms with E-state index < -0.39 is 0 Å². The molecule has 0 radical (unpaired) electrons. The molecule has 3 rings (SSSR count). The van der Waals surface area contributed by atoms with Gasteiger partial charge in [-0.3, -0.25) is 0 Å². The van der Waals surface area contributed by atoms with Gasteiger partial charge >= 0.3 is 0 Å². The third kappa shape index (κ3) is 3.68. The van der Waals surface area contributed by atoms with Gasteiger partial charge in [0.1, 0.15) is 17.5 Å². The highest BCUT2D eigenvalue weighted by Gasteiger charge is 2.11. The van der Waals surface area contributed by atoms with Gasteiger partial charge in [-0.25, -0.2) is 13.2 Å². The maximum atomic E-state index is 14.3. The lowest BCUT2D eigenvalue weighted by Crippen LogP contribution is -2.06.